The Balaban J connectivity index is 1.63. The van der Waals surface area contributed by atoms with Crippen LogP contribution < -0.4 is 10.6 Å². The molecular formula is C14H25N3O2. The molecule has 0 radical (unpaired) electrons. The SMILES string of the molecule is CCCNCC(=O)N1CCC(NC(=O)C2CC2)CC1. The molecule has 19 heavy (non-hydrogen) atoms. The minimum Gasteiger partial charge on any atom is -0.353 e. The summed E-state index contributed by atoms with van der Waals surface area (Å²) in [5.74, 6) is 0.674. The number of piperidine rings is 1. The van der Waals surface area contributed by atoms with Crippen LogP contribution >= 0.6 is 0 Å². The van der Waals surface area contributed by atoms with E-state index in [1.165, 1.54) is 0 Å². The molecule has 0 bridgehead atoms. The maximum absolute atomic E-state index is 11.9. The molecule has 2 aliphatic rings. The first-order valence-electron chi connectivity index (χ1n) is 7.49. The Bertz CT molecular complexity index is 321. The third-order valence-corrected chi connectivity index (χ3v) is 3.85. The first kappa shape index (κ1) is 14.3. The van der Waals surface area contributed by atoms with Gasteiger partial charge in [0.15, 0.2) is 0 Å². The minimum absolute atomic E-state index is 0.181. The Hall–Kier alpha value is -1.10. The molecule has 1 aliphatic carbocycles. The summed E-state index contributed by atoms with van der Waals surface area (Å²) in [6.45, 7) is 4.95. The quantitative estimate of drug-likeness (QED) is 0.689. The first-order chi connectivity index (χ1) is 9.20. The summed E-state index contributed by atoms with van der Waals surface area (Å²) < 4.78 is 0. The monoisotopic (exact) mass is 267 g/mol. The normalized spacial score (nSPS) is 20.4. The molecule has 108 valence electrons. The van der Waals surface area contributed by atoms with Crippen LogP contribution in [0.5, 0.6) is 0 Å². The smallest absolute Gasteiger partial charge is 0.236 e. The molecule has 2 N–H and O–H groups in total. The summed E-state index contributed by atoms with van der Waals surface area (Å²) in [6, 6.07) is 0.265. The van der Waals surface area contributed by atoms with Crippen molar-refractivity contribution in [1.29, 1.82) is 0 Å². The predicted molar refractivity (Wildman–Crippen MR) is 73.6 cm³/mol. The molecule has 2 rings (SSSR count). The minimum atomic E-state index is 0.181. The van der Waals surface area contributed by atoms with Gasteiger partial charge >= 0.3 is 0 Å². The summed E-state index contributed by atoms with van der Waals surface area (Å²) in [5, 5.41) is 6.24. The Kier molecular flexibility index (Phi) is 5.19. The van der Waals surface area contributed by atoms with E-state index >= 15 is 0 Å². The topological polar surface area (TPSA) is 61.4 Å². The summed E-state index contributed by atoms with van der Waals surface area (Å²) >= 11 is 0. The molecule has 1 saturated heterocycles. The number of rotatable bonds is 6. The molecule has 0 unspecified atom stereocenters. The van der Waals surface area contributed by atoms with E-state index < -0.39 is 0 Å². The summed E-state index contributed by atoms with van der Waals surface area (Å²) in [7, 11) is 0. The van der Waals surface area contributed by atoms with Gasteiger partial charge in [0.05, 0.1) is 6.54 Å². The van der Waals surface area contributed by atoms with Crippen molar-refractivity contribution in [3.8, 4) is 0 Å². The molecule has 0 aromatic carbocycles. The molecule has 0 spiro atoms. The number of hydrogen-bond acceptors (Lipinski definition) is 3. The molecule has 1 saturated carbocycles. The fourth-order valence-corrected chi connectivity index (χ4v) is 2.42. The predicted octanol–water partition coefficient (Wildman–Crippen LogP) is 0.503. The molecule has 0 aromatic heterocycles. The van der Waals surface area contributed by atoms with E-state index in [-0.39, 0.29) is 23.8 Å². The number of carbonyl (C=O) groups excluding carboxylic acids is 2. The van der Waals surface area contributed by atoms with Gasteiger partial charge in [-0.05, 0) is 38.6 Å². The molecule has 2 fully saturated rings. The highest BCUT2D eigenvalue weighted by Gasteiger charge is 2.32. The van der Waals surface area contributed by atoms with Crippen molar-refractivity contribution in [3.05, 3.63) is 0 Å². The van der Waals surface area contributed by atoms with Gasteiger partial charge in [-0.25, -0.2) is 0 Å². The van der Waals surface area contributed by atoms with Gasteiger partial charge in [0.25, 0.3) is 0 Å². The Labute approximate surface area is 115 Å². The number of likely N-dealkylation sites (tertiary alicyclic amines) is 1. The van der Waals surface area contributed by atoms with Gasteiger partial charge in [0, 0.05) is 25.0 Å². The molecule has 2 amide bonds. The number of nitrogens with one attached hydrogen (secondary N) is 2. The number of hydrogen-bond donors (Lipinski definition) is 2. The van der Waals surface area contributed by atoms with Crippen LogP contribution in [-0.4, -0.2) is 48.9 Å². The fraction of sp³-hybridized carbons (Fsp3) is 0.857. The van der Waals surface area contributed by atoms with Crippen LogP contribution in [0, 0.1) is 5.92 Å². The second-order valence-electron chi connectivity index (χ2n) is 5.61. The van der Waals surface area contributed by atoms with E-state index in [9.17, 15) is 9.59 Å². The highest BCUT2D eigenvalue weighted by Crippen LogP contribution is 2.29. The van der Waals surface area contributed by atoms with E-state index in [1.807, 2.05) is 4.90 Å². The molecule has 0 aromatic rings. The highest BCUT2D eigenvalue weighted by atomic mass is 16.2. The summed E-state index contributed by atoms with van der Waals surface area (Å²) in [4.78, 5) is 25.5. The van der Waals surface area contributed by atoms with Crippen LogP contribution in [0.2, 0.25) is 0 Å². The van der Waals surface area contributed by atoms with Crippen molar-refractivity contribution in [2.75, 3.05) is 26.2 Å². The maximum atomic E-state index is 11.9. The van der Waals surface area contributed by atoms with Crippen molar-refractivity contribution in [2.24, 2.45) is 5.92 Å². The number of amides is 2. The largest absolute Gasteiger partial charge is 0.353 e. The lowest BCUT2D eigenvalue weighted by molar-refractivity contribution is -0.131. The van der Waals surface area contributed by atoms with Crippen molar-refractivity contribution < 1.29 is 9.59 Å². The lowest BCUT2D eigenvalue weighted by Crippen LogP contribution is -2.48. The van der Waals surface area contributed by atoms with Crippen LogP contribution in [0.1, 0.15) is 39.0 Å². The lowest BCUT2D eigenvalue weighted by atomic mass is 10.0. The van der Waals surface area contributed by atoms with Gasteiger partial charge in [-0.3, -0.25) is 9.59 Å². The molecule has 5 heteroatoms. The van der Waals surface area contributed by atoms with E-state index in [4.69, 9.17) is 0 Å². The molecule has 1 heterocycles. The van der Waals surface area contributed by atoms with Crippen molar-refractivity contribution in [1.82, 2.24) is 15.5 Å². The Morgan fingerprint density at radius 3 is 2.42 bits per heavy atom. The lowest BCUT2D eigenvalue weighted by Gasteiger charge is -2.32. The van der Waals surface area contributed by atoms with Gasteiger partial charge < -0.3 is 15.5 Å². The maximum Gasteiger partial charge on any atom is 0.236 e. The zero-order valence-electron chi connectivity index (χ0n) is 11.8. The fourth-order valence-electron chi connectivity index (χ4n) is 2.42. The third-order valence-electron chi connectivity index (χ3n) is 3.85. The molecular weight excluding hydrogens is 242 g/mol. The van der Waals surface area contributed by atoms with Crippen LogP contribution in [0.4, 0.5) is 0 Å². The van der Waals surface area contributed by atoms with Gasteiger partial charge in [0.1, 0.15) is 0 Å². The average molecular weight is 267 g/mol. The van der Waals surface area contributed by atoms with Gasteiger partial charge in [-0.15, -0.1) is 0 Å². The van der Waals surface area contributed by atoms with Crippen molar-refractivity contribution >= 4 is 11.8 Å². The third kappa shape index (κ3) is 4.49. The number of carbonyl (C=O) groups is 2. The van der Waals surface area contributed by atoms with Crippen LogP contribution in [0.15, 0.2) is 0 Å². The van der Waals surface area contributed by atoms with Gasteiger partial charge in [-0.2, -0.15) is 0 Å². The first-order valence-corrected chi connectivity index (χ1v) is 7.49. The highest BCUT2D eigenvalue weighted by molar-refractivity contribution is 5.81. The zero-order chi connectivity index (χ0) is 13.7. The molecule has 1 aliphatic heterocycles. The van der Waals surface area contributed by atoms with Crippen LogP contribution in [-0.2, 0) is 9.59 Å². The Morgan fingerprint density at radius 1 is 1.16 bits per heavy atom. The molecule has 0 atom stereocenters. The van der Waals surface area contributed by atoms with E-state index in [2.05, 4.69) is 17.6 Å². The average Bonchev–Trinajstić information content (AvgIpc) is 3.24. The summed E-state index contributed by atoms with van der Waals surface area (Å²) in [6.07, 6.45) is 4.91. The van der Waals surface area contributed by atoms with Crippen molar-refractivity contribution in [2.45, 2.75) is 45.1 Å². The Morgan fingerprint density at radius 2 is 1.84 bits per heavy atom. The second-order valence-corrected chi connectivity index (χ2v) is 5.61. The second kappa shape index (κ2) is 6.89. The number of nitrogens with zero attached hydrogens (tertiary/aromatic N) is 1. The van der Waals surface area contributed by atoms with E-state index in [0.29, 0.717) is 6.54 Å². The zero-order valence-corrected chi connectivity index (χ0v) is 11.8. The standard InChI is InChI=1S/C14H25N3O2/c1-2-7-15-10-13(18)17-8-5-12(6-9-17)16-14(19)11-3-4-11/h11-12,15H,2-10H2,1H3,(H,16,19). The molecule has 5 nitrogen and oxygen atoms in total. The van der Waals surface area contributed by atoms with Crippen LogP contribution in [0.25, 0.3) is 0 Å². The summed E-state index contributed by atoms with van der Waals surface area (Å²) in [5.41, 5.74) is 0. The van der Waals surface area contributed by atoms with Crippen molar-refractivity contribution in [3.63, 3.8) is 0 Å². The van der Waals surface area contributed by atoms with Gasteiger partial charge in [0.2, 0.25) is 11.8 Å². The van der Waals surface area contributed by atoms with Crippen LogP contribution in [0.3, 0.4) is 0 Å². The van der Waals surface area contributed by atoms with E-state index in [1.54, 1.807) is 0 Å². The van der Waals surface area contributed by atoms with Gasteiger partial charge in [-0.1, -0.05) is 6.92 Å². The van der Waals surface area contributed by atoms with E-state index in [0.717, 1.165) is 51.7 Å².